The maximum absolute atomic E-state index is 12.5. The minimum Gasteiger partial charge on any atom is -0.481 e. The van der Waals surface area contributed by atoms with Crippen LogP contribution in [0.15, 0.2) is 0 Å². The van der Waals surface area contributed by atoms with Gasteiger partial charge in [0.05, 0.1) is 12.8 Å². The second-order valence-electron chi connectivity index (χ2n) is 12.6. The molecule has 0 radical (unpaired) electrons. The Morgan fingerprint density at radius 1 is 0.422 bits per heavy atom. The number of aliphatic carboxylic acids is 1. The average Bonchev–Trinajstić information content (AvgIpc) is 3.02. The van der Waals surface area contributed by atoms with E-state index in [0.717, 1.165) is 38.5 Å². The van der Waals surface area contributed by atoms with Gasteiger partial charge in [-0.05, 0) is 12.8 Å². The standard InChI is InChI=1S/C37H68O8/c1-3-5-7-9-11-13-15-17-19-21-23-25-27-35(40)43-31-33(32-44-36(41)30-29-34(38)39)45-37(42)28-26-24-22-20-18-16-14-12-10-8-6-4-2/h33H,3-32H2,1-2H3,(H,38,39). The minimum atomic E-state index is -1.09. The van der Waals surface area contributed by atoms with Crippen molar-refractivity contribution in [3.8, 4) is 0 Å². The van der Waals surface area contributed by atoms with Crippen LogP contribution >= 0.6 is 0 Å². The molecule has 264 valence electrons. The zero-order valence-electron chi connectivity index (χ0n) is 29.1. The zero-order valence-corrected chi connectivity index (χ0v) is 29.1. The summed E-state index contributed by atoms with van der Waals surface area (Å²) in [6.07, 6.45) is 28.0. The quantitative estimate of drug-likeness (QED) is 0.0420. The van der Waals surface area contributed by atoms with E-state index in [4.69, 9.17) is 19.3 Å². The monoisotopic (exact) mass is 640 g/mol. The van der Waals surface area contributed by atoms with Crippen LogP contribution in [-0.4, -0.2) is 48.3 Å². The smallest absolute Gasteiger partial charge is 0.306 e. The maximum Gasteiger partial charge on any atom is 0.306 e. The van der Waals surface area contributed by atoms with E-state index in [1.54, 1.807) is 0 Å². The average molecular weight is 641 g/mol. The van der Waals surface area contributed by atoms with Gasteiger partial charge >= 0.3 is 23.9 Å². The van der Waals surface area contributed by atoms with Crippen LogP contribution < -0.4 is 0 Å². The van der Waals surface area contributed by atoms with Gasteiger partial charge in [0.2, 0.25) is 0 Å². The maximum atomic E-state index is 12.5. The molecule has 0 aromatic heterocycles. The molecule has 1 N–H and O–H groups in total. The number of esters is 3. The SMILES string of the molecule is CCCCCCCCCCCCCCC(=O)OCC(COC(=O)CCC(=O)O)OC(=O)CCCCCCCCCCCCCC. The highest BCUT2D eigenvalue weighted by Crippen LogP contribution is 2.14. The van der Waals surface area contributed by atoms with E-state index in [1.165, 1.54) is 116 Å². The van der Waals surface area contributed by atoms with Crippen molar-refractivity contribution in [3.05, 3.63) is 0 Å². The molecule has 0 fully saturated rings. The van der Waals surface area contributed by atoms with Crippen LogP contribution in [0.1, 0.15) is 194 Å². The summed E-state index contributed by atoms with van der Waals surface area (Å²) >= 11 is 0. The summed E-state index contributed by atoms with van der Waals surface area (Å²) in [6.45, 7) is 4.02. The first-order chi connectivity index (χ1) is 21.9. The number of carbonyl (C=O) groups is 4. The van der Waals surface area contributed by atoms with E-state index in [1.807, 2.05) is 0 Å². The van der Waals surface area contributed by atoms with Gasteiger partial charge in [0.15, 0.2) is 6.10 Å². The molecule has 0 rings (SSSR count). The molecule has 0 spiro atoms. The van der Waals surface area contributed by atoms with Crippen LogP contribution in [0.25, 0.3) is 0 Å². The van der Waals surface area contributed by atoms with Crippen molar-refractivity contribution < 1.29 is 38.5 Å². The topological polar surface area (TPSA) is 116 Å². The fourth-order valence-corrected chi connectivity index (χ4v) is 5.31. The van der Waals surface area contributed by atoms with Crippen molar-refractivity contribution in [3.63, 3.8) is 0 Å². The van der Waals surface area contributed by atoms with E-state index in [2.05, 4.69) is 13.8 Å². The zero-order chi connectivity index (χ0) is 33.2. The highest BCUT2D eigenvalue weighted by atomic mass is 16.6. The van der Waals surface area contributed by atoms with Gasteiger partial charge < -0.3 is 19.3 Å². The molecular weight excluding hydrogens is 572 g/mol. The Hall–Kier alpha value is -2.12. The summed E-state index contributed by atoms with van der Waals surface area (Å²) in [5, 5.41) is 8.77. The molecule has 0 aliphatic rings. The number of carboxylic acid groups (broad SMARTS) is 1. The van der Waals surface area contributed by atoms with E-state index < -0.39 is 24.0 Å². The van der Waals surface area contributed by atoms with Crippen molar-refractivity contribution in [1.82, 2.24) is 0 Å². The fourth-order valence-electron chi connectivity index (χ4n) is 5.31. The molecular formula is C37H68O8. The first-order valence-corrected chi connectivity index (χ1v) is 18.6. The van der Waals surface area contributed by atoms with Crippen molar-refractivity contribution in [2.24, 2.45) is 0 Å². The first-order valence-electron chi connectivity index (χ1n) is 18.6. The lowest BCUT2D eigenvalue weighted by atomic mass is 10.0. The normalized spacial score (nSPS) is 11.7. The van der Waals surface area contributed by atoms with Crippen LogP contribution in [0, 0.1) is 0 Å². The summed E-state index contributed by atoms with van der Waals surface area (Å²) in [5.74, 6) is -2.56. The highest BCUT2D eigenvalue weighted by Gasteiger charge is 2.20. The van der Waals surface area contributed by atoms with Gasteiger partial charge in [-0.3, -0.25) is 19.2 Å². The van der Waals surface area contributed by atoms with Gasteiger partial charge in [-0.25, -0.2) is 0 Å². The Labute approximate surface area is 275 Å². The third-order valence-electron chi connectivity index (χ3n) is 8.17. The van der Waals surface area contributed by atoms with Crippen LogP contribution in [0.2, 0.25) is 0 Å². The Bertz CT molecular complexity index is 723. The van der Waals surface area contributed by atoms with E-state index in [9.17, 15) is 19.2 Å². The number of rotatable bonds is 34. The second-order valence-corrected chi connectivity index (χ2v) is 12.6. The Balaban J connectivity index is 4.17. The lowest BCUT2D eigenvalue weighted by Gasteiger charge is -2.18. The second kappa shape index (κ2) is 33.2. The van der Waals surface area contributed by atoms with Crippen molar-refractivity contribution in [2.75, 3.05) is 13.2 Å². The number of unbranched alkanes of at least 4 members (excludes halogenated alkanes) is 22. The lowest BCUT2D eigenvalue weighted by Crippen LogP contribution is -2.31. The molecule has 0 aliphatic carbocycles. The summed E-state index contributed by atoms with van der Waals surface area (Å²) in [7, 11) is 0. The Morgan fingerprint density at radius 3 is 1.09 bits per heavy atom. The van der Waals surface area contributed by atoms with Crippen LogP contribution in [0.5, 0.6) is 0 Å². The molecule has 0 saturated heterocycles. The van der Waals surface area contributed by atoms with Gasteiger partial charge in [0.25, 0.3) is 0 Å². The largest absolute Gasteiger partial charge is 0.481 e. The van der Waals surface area contributed by atoms with Crippen molar-refractivity contribution in [1.29, 1.82) is 0 Å². The lowest BCUT2D eigenvalue weighted by molar-refractivity contribution is -0.167. The number of hydrogen-bond acceptors (Lipinski definition) is 7. The molecule has 0 heterocycles. The van der Waals surface area contributed by atoms with E-state index in [-0.39, 0.29) is 38.4 Å². The van der Waals surface area contributed by atoms with Gasteiger partial charge in [0, 0.05) is 12.8 Å². The van der Waals surface area contributed by atoms with Gasteiger partial charge in [-0.2, -0.15) is 0 Å². The molecule has 0 saturated carbocycles. The Kier molecular flexibility index (Phi) is 31.7. The summed E-state index contributed by atoms with van der Waals surface area (Å²) < 4.78 is 15.9. The predicted molar refractivity (Wildman–Crippen MR) is 180 cm³/mol. The van der Waals surface area contributed by atoms with Gasteiger partial charge in [-0.1, -0.05) is 155 Å². The van der Waals surface area contributed by atoms with E-state index >= 15 is 0 Å². The first kappa shape index (κ1) is 42.9. The molecule has 0 aliphatic heterocycles. The summed E-state index contributed by atoms with van der Waals surface area (Å²) in [6, 6.07) is 0. The Morgan fingerprint density at radius 2 is 0.733 bits per heavy atom. The minimum absolute atomic E-state index is 0.187. The van der Waals surface area contributed by atoms with Gasteiger partial charge in [-0.15, -0.1) is 0 Å². The number of carboxylic acids is 1. The number of carbonyl (C=O) groups excluding carboxylic acids is 3. The molecule has 8 nitrogen and oxygen atoms in total. The molecule has 0 aromatic rings. The summed E-state index contributed by atoms with van der Waals surface area (Å²) in [4.78, 5) is 47.3. The van der Waals surface area contributed by atoms with Crippen LogP contribution in [-0.2, 0) is 33.4 Å². The van der Waals surface area contributed by atoms with Crippen molar-refractivity contribution in [2.45, 2.75) is 200 Å². The van der Waals surface area contributed by atoms with Crippen LogP contribution in [0.4, 0.5) is 0 Å². The molecule has 45 heavy (non-hydrogen) atoms. The van der Waals surface area contributed by atoms with Crippen LogP contribution in [0.3, 0.4) is 0 Å². The van der Waals surface area contributed by atoms with Crippen molar-refractivity contribution >= 4 is 23.9 Å². The predicted octanol–water partition coefficient (Wildman–Crippen LogP) is 10.0. The molecule has 0 amide bonds. The third kappa shape index (κ3) is 33.1. The summed E-state index contributed by atoms with van der Waals surface area (Å²) in [5.41, 5.74) is 0. The highest BCUT2D eigenvalue weighted by molar-refractivity contribution is 5.76. The molecule has 0 bridgehead atoms. The number of ether oxygens (including phenoxy) is 3. The third-order valence-corrected chi connectivity index (χ3v) is 8.17. The molecule has 1 atom stereocenters. The van der Waals surface area contributed by atoms with Gasteiger partial charge in [0.1, 0.15) is 13.2 Å². The molecule has 0 aromatic carbocycles. The number of hydrogen-bond donors (Lipinski definition) is 1. The fraction of sp³-hybridized carbons (Fsp3) is 0.892. The molecule has 1 unspecified atom stereocenters. The molecule has 8 heteroatoms. The van der Waals surface area contributed by atoms with E-state index in [0.29, 0.717) is 6.42 Å².